The van der Waals surface area contributed by atoms with Crippen molar-refractivity contribution in [2.45, 2.75) is 39.2 Å². The first kappa shape index (κ1) is 20.6. The van der Waals surface area contributed by atoms with Gasteiger partial charge in [-0.05, 0) is 36.7 Å². The van der Waals surface area contributed by atoms with Crippen LogP contribution in [0.25, 0.3) is 16.8 Å². The van der Waals surface area contributed by atoms with Crippen LogP contribution in [0.3, 0.4) is 0 Å². The first-order valence-electron chi connectivity index (χ1n) is 9.63. The quantitative estimate of drug-likeness (QED) is 0.319. The third-order valence-electron chi connectivity index (χ3n) is 4.50. The van der Waals surface area contributed by atoms with Gasteiger partial charge in [-0.2, -0.15) is 4.98 Å². The van der Waals surface area contributed by atoms with E-state index >= 15 is 0 Å². The molecule has 0 aliphatic rings. The molecule has 0 saturated carbocycles. The second-order valence-corrected chi connectivity index (χ2v) is 8.02. The predicted octanol–water partition coefficient (Wildman–Crippen LogP) is 2.03. The summed E-state index contributed by atoms with van der Waals surface area (Å²) in [6.07, 6.45) is 2.64. The Labute approximate surface area is 169 Å². The molecule has 5 N–H and O–H groups in total. The van der Waals surface area contributed by atoms with Crippen LogP contribution in [0.4, 0.5) is 0 Å². The summed E-state index contributed by atoms with van der Waals surface area (Å²) in [5.74, 6) is 0.923. The van der Waals surface area contributed by atoms with Crippen LogP contribution >= 0.6 is 0 Å². The number of hydrogen-bond acceptors (Lipinski definition) is 5. The second-order valence-electron chi connectivity index (χ2n) is 8.02. The summed E-state index contributed by atoms with van der Waals surface area (Å²) in [6.45, 7) is 8.33. The number of fused-ring (bicyclic) bond motifs is 1. The highest BCUT2D eigenvalue weighted by Gasteiger charge is 2.20. The van der Waals surface area contributed by atoms with E-state index in [0.717, 1.165) is 41.9 Å². The zero-order valence-corrected chi connectivity index (χ0v) is 17.1. The zero-order valence-electron chi connectivity index (χ0n) is 17.1. The van der Waals surface area contributed by atoms with E-state index in [-0.39, 0.29) is 17.1 Å². The van der Waals surface area contributed by atoms with Gasteiger partial charge in [0, 0.05) is 24.7 Å². The lowest BCUT2D eigenvalue weighted by Gasteiger charge is -2.13. The molecular weight excluding hydrogens is 368 g/mol. The van der Waals surface area contributed by atoms with Crippen molar-refractivity contribution in [2.24, 2.45) is 16.5 Å². The molecule has 0 bridgehead atoms. The minimum atomic E-state index is -0.363. The van der Waals surface area contributed by atoms with Crippen molar-refractivity contribution in [1.29, 1.82) is 0 Å². The summed E-state index contributed by atoms with van der Waals surface area (Å²) in [4.78, 5) is 20.5. The lowest BCUT2D eigenvalue weighted by atomic mass is 9.93. The van der Waals surface area contributed by atoms with Crippen LogP contribution in [0.1, 0.15) is 38.5 Å². The Morgan fingerprint density at radius 1 is 1.24 bits per heavy atom. The van der Waals surface area contributed by atoms with Crippen LogP contribution < -0.4 is 22.5 Å². The maximum absolute atomic E-state index is 12.4. The normalized spacial score (nSPS) is 11.7. The topological polar surface area (TPSA) is 124 Å². The number of aliphatic imine (C=N–C) groups is 1. The van der Waals surface area contributed by atoms with E-state index in [9.17, 15) is 4.79 Å². The minimum absolute atomic E-state index is 0.119. The third-order valence-corrected chi connectivity index (χ3v) is 4.50. The van der Waals surface area contributed by atoms with Crippen LogP contribution in [-0.4, -0.2) is 28.6 Å². The van der Waals surface area contributed by atoms with Gasteiger partial charge in [-0.3, -0.25) is 9.56 Å². The van der Waals surface area contributed by atoms with E-state index in [4.69, 9.17) is 15.9 Å². The molecule has 0 spiro atoms. The van der Waals surface area contributed by atoms with E-state index in [1.165, 1.54) is 4.57 Å². The molecule has 3 aromatic rings. The van der Waals surface area contributed by atoms with Crippen molar-refractivity contribution >= 4 is 17.1 Å². The van der Waals surface area contributed by atoms with Gasteiger partial charge in [-0.25, -0.2) is 4.79 Å². The average Bonchev–Trinajstić information content (AvgIpc) is 3.07. The molecule has 0 aliphatic heterocycles. The molecule has 29 heavy (non-hydrogen) atoms. The smallest absolute Gasteiger partial charge is 0.355 e. The number of nitrogens with zero attached hydrogens (tertiary/aromatic N) is 3. The standard InChI is InChI=1S/C21H28N6O2/c1-21(2,3)17-11-15-13-27(20(28)26-18(15)29-17)16-7-5-14(6-8-16)12-24-9-4-10-25-19(22)23/h5-8,11,13,24H,4,9-10,12H2,1-3H3,(H4,22,23,25). The molecule has 154 valence electrons. The molecule has 1 aromatic carbocycles. The monoisotopic (exact) mass is 396 g/mol. The fourth-order valence-corrected chi connectivity index (χ4v) is 2.88. The van der Waals surface area contributed by atoms with Crippen LogP contribution in [-0.2, 0) is 12.0 Å². The Morgan fingerprint density at radius 3 is 2.62 bits per heavy atom. The zero-order chi connectivity index (χ0) is 21.0. The van der Waals surface area contributed by atoms with Gasteiger partial charge in [0.2, 0.25) is 5.71 Å². The van der Waals surface area contributed by atoms with Gasteiger partial charge in [-0.15, -0.1) is 0 Å². The van der Waals surface area contributed by atoms with Crippen molar-refractivity contribution in [1.82, 2.24) is 14.9 Å². The first-order valence-corrected chi connectivity index (χ1v) is 9.63. The number of rotatable bonds is 7. The molecule has 8 heteroatoms. The molecule has 0 amide bonds. The summed E-state index contributed by atoms with van der Waals surface area (Å²) < 4.78 is 7.29. The molecule has 3 rings (SSSR count). The number of aromatic nitrogens is 2. The highest BCUT2D eigenvalue weighted by molar-refractivity contribution is 5.75. The number of guanidine groups is 1. The fraction of sp³-hybridized carbons (Fsp3) is 0.381. The molecule has 0 unspecified atom stereocenters. The van der Waals surface area contributed by atoms with Gasteiger partial charge in [0.25, 0.3) is 0 Å². The van der Waals surface area contributed by atoms with Gasteiger partial charge >= 0.3 is 5.69 Å². The first-order chi connectivity index (χ1) is 13.7. The van der Waals surface area contributed by atoms with Gasteiger partial charge in [0.1, 0.15) is 5.76 Å². The molecule has 0 radical (unpaired) electrons. The molecule has 0 atom stereocenters. The molecule has 2 heterocycles. The van der Waals surface area contributed by atoms with Crippen molar-refractivity contribution < 1.29 is 4.42 Å². The highest BCUT2D eigenvalue weighted by Crippen LogP contribution is 2.27. The number of benzene rings is 1. The Kier molecular flexibility index (Phi) is 6.03. The van der Waals surface area contributed by atoms with E-state index in [1.807, 2.05) is 30.3 Å². The molecule has 0 aliphatic carbocycles. The Balaban J connectivity index is 1.69. The van der Waals surface area contributed by atoms with Crippen molar-refractivity contribution in [3.8, 4) is 5.69 Å². The number of nitrogens with two attached hydrogens (primary N) is 2. The number of hydrogen-bond donors (Lipinski definition) is 3. The van der Waals surface area contributed by atoms with E-state index in [0.29, 0.717) is 12.3 Å². The van der Waals surface area contributed by atoms with Crippen molar-refractivity contribution in [3.63, 3.8) is 0 Å². The van der Waals surface area contributed by atoms with Gasteiger partial charge < -0.3 is 21.2 Å². The summed E-state index contributed by atoms with van der Waals surface area (Å²) in [7, 11) is 0. The van der Waals surface area contributed by atoms with E-state index < -0.39 is 0 Å². The van der Waals surface area contributed by atoms with Crippen LogP contribution in [0, 0.1) is 0 Å². The maximum Gasteiger partial charge on any atom is 0.355 e. The van der Waals surface area contributed by atoms with Gasteiger partial charge in [0.05, 0.1) is 11.1 Å². The van der Waals surface area contributed by atoms with Gasteiger partial charge in [-0.1, -0.05) is 32.9 Å². The summed E-state index contributed by atoms with van der Waals surface area (Å²) in [5.41, 5.74) is 12.3. The SMILES string of the molecule is CC(C)(C)c1cc2cn(-c3ccc(CNCCCN=C(N)N)cc3)c(=O)nc2o1. The Bertz CT molecular complexity index is 1050. The summed E-state index contributed by atoms with van der Waals surface area (Å²) in [6, 6.07) is 9.75. The Hall–Kier alpha value is -3.13. The summed E-state index contributed by atoms with van der Waals surface area (Å²) >= 11 is 0. The van der Waals surface area contributed by atoms with Crippen LogP contribution in [0.15, 0.2) is 50.7 Å². The van der Waals surface area contributed by atoms with Crippen LogP contribution in [0.2, 0.25) is 0 Å². The third kappa shape index (κ3) is 5.23. The van der Waals surface area contributed by atoms with Crippen molar-refractivity contribution in [2.75, 3.05) is 13.1 Å². The van der Waals surface area contributed by atoms with E-state index in [1.54, 1.807) is 6.20 Å². The molecule has 8 nitrogen and oxygen atoms in total. The average molecular weight is 396 g/mol. The molecular formula is C21H28N6O2. The molecule has 0 fully saturated rings. The lowest BCUT2D eigenvalue weighted by Crippen LogP contribution is -2.23. The summed E-state index contributed by atoms with van der Waals surface area (Å²) in [5, 5.41) is 4.15. The van der Waals surface area contributed by atoms with Crippen molar-refractivity contribution in [3.05, 3.63) is 58.3 Å². The van der Waals surface area contributed by atoms with E-state index in [2.05, 4.69) is 36.1 Å². The lowest BCUT2D eigenvalue weighted by molar-refractivity contribution is 0.425. The Morgan fingerprint density at radius 2 is 1.97 bits per heavy atom. The highest BCUT2D eigenvalue weighted by atomic mass is 16.3. The second kappa shape index (κ2) is 8.48. The van der Waals surface area contributed by atoms with Gasteiger partial charge in [0.15, 0.2) is 5.96 Å². The molecule has 0 saturated heterocycles. The molecule has 2 aromatic heterocycles. The predicted molar refractivity (Wildman–Crippen MR) is 115 cm³/mol. The van der Waals surface area contributed by atoms with Crippen LogP contribution in [0.5, 0.6) is 0 Å². The minimum Gasteiger partial charge on any atom is -0.442 e. The number of nitrogens with one attached hydrogen (secondary N) is 1. The number of furan rings is 1. The maximum atomic E-state index is 12.4. The fourth-order valence-electron chi connectivity index (χ4n) is 2.88. The largest absolute Gasteiger partial charge is 0.442 e.